The van der Waals surface area contributed by atoms with Gasteiger partial charge < -0.3 is 28.4 Å². The molecule has 1 heterocycles. The molecule has 364 valence electrons. The van der Waals surface area contributed by atoms with Crippen LogP contribution in [0, 0.1) is 11.8 Å². The number of nitrogens with zero attached hydrogens (tertiary/aromatic N) is 4. The highest BCUT2D eigenvalue weighted by Gasteiger charge is 2.30. The summed E-state index contributed by atoms with van der Waals surface area (Å²) >= 11 is 8.03. The summed E-state index contributed by atoms with van der Waals surface area (Å²) in [7, 11) is 14.3. The lowest BCUT2D eigenvalue weighted by molar-refractivity contribution is -0.154. The molecule has 3 atom stereocenters. The van der Waals surface area contributed by atoms with Crippen LogP contribution >= 0.6 is 36.2 Å². The molecule has 3 unspecified atom stereocenters. The smallest absolute Gasteiger partial charge is 0.309 e. The van der Waals surface area contributed by atoms with Gasteiger partial charge in [0.25, 0.3) is 0 Å². The van der Waals surface area contributed by atoms with E-state index in [-0.39, 0.29) is 108 Å². The van der Waals surface area contributed by atoms with E-state index >= 15 is 0 Å². The van der Waals surface area contributed by atoms with Crippen molar-refractivity contribution in [3.8, 4) is 0 Å². The first-order chi connectivity index (χ1) is 29.3. The second-order valence-electron chi connectivity index (χ2n) is 20.2. The number of carbonyl (C=O) groups is 4. The fourth-order valence-corrected chi connectivity index (χ4v) is 9.78. The van der Waals surface area contributed by atoms with Crippen LogP contribution in [0.25, 0.3) is 0 Å². The predicted molar refractivity (Wildman–Crippen MR) is 262 cm³/mol. The molecule has 0 saturated heterocycles. The zero-order chi connectivity index (χ0) is 49.0. The molecule has 1 aromatic rings. The number of aromatic nitrogens is 3. The molecule has 14 nitrogen and oxygen atoms in total. The first-order valence-electron chi connectivity index (χ1n) is 22.3. The standard InChI is InChI=1S/C45H80B2N4O10S3/c1-33(29-63-43(9,10)31-40(3,4)46)38(54)59-25-23-57-36(52)15-19-50(27-35-28-51(49-48-35)21-17-45(13,47)61-22-18-41(5,6)56-14)20-16-37(53)58-24-26-60-39(55)34(2)30-64-44(11,12)32-42(7,8)62/h28,33-34,62H,15-27,29-32H2,1-14H3. The van der Waals surface area contributed by atoms with Crippen LogP contribution in [0.3, 0.4) is 0 Å². The van der Waals surface area contributed by atoms with Gasteiger partial charge in [0.2, 0.25) is 0 Å². The molecular weight excluding hydrogens is 874 g/mol. The Balaban J connectivity index is 2.74. The third-order valence-electron chi connectivity index (χ3n) is 9.94. The summed E-state index contributed by atoms with van der Waals surface area (Å²) in [6.07, 6.45) is 4.63. The number of carbonyl (C=O) groups excluding carboxylic acids is 4. The van der Waals surface area contributed by atoms with Crippen LogP contribution in [0.5, 0.6) is 0 Å². The molecule has 0 fully saturated rings. The van der Waals surface area contributed by atoms with E-state index in [9.17, 15) is 19.2 Å². The zero-order valence-electron chi connectivity index (χ0n) is 41.5. The Morgan fingerprint density at radius 2 is 1.20 bits per heavy atom. The van der Waals surface area contributed by atoms with Crippen molar-refractivity contribution in [3.05, 3.63) is 11.9 Å². The number of hydrogen-bond acceptors (Lipinski definition) is 16. The van der Waals surface area contributed by atoms with Gasteiger partial charge in [-0.25, -0.2) is 0 Å². The molecule has 0 N–H and O–H groups in total. The average Bonchev–Trinajstić information content (AvgIpc) is 3.61. The van der Waals surface area contributed by atoms with Crippen molar-refractivity contribution in [2.45, 2.75) is 172 Å². The van der Waals surface area contributed by atoms with Gasteiger partial charge in [0.15, 0.2) is 0 Å². The minimum absolute atomic E-state index is 0.00942. The third-order valence-corrected chi connectivity index (χ3v) is 13.3. The molecule has 1 rings (SSSR count). The highest BCUT2D eigenvalue weighted by molar-refractivity contribution is 8.00. The largest absolute Gasteiger partial charge is 0.462 e. The van der Waals surface area contributed by atoms with Gasteiger partial charge >= 0.3 is 23.9 Å². The molecule has 0 aliphatic rings. The van der Waals surface area contributed by atoms with E-state index in [0.717, 1.165) is 12.8 Å². The fourth-order valence-electron chi connectivity index (χ4n) is 6.66. The van der Waals surface area contributed by atoms with E-state index in [0.29, 0.717) is 43.2 Å². The van der Waals surface area contributed by atoms with Gasteiger partial charge in [0.1, 0.15) is 34.3 Å². The normalized spacial score (nSPS) is 14.8. The van der Waals surface area contributed by atoms with Crippen molar-refractivity contribution in [1.29, 1.82) is 0 Å². The summed E-state index contributed by atoms with van der Waals surface area (Å²) in [5.41, 5.74) is -0.596. The Morgan fingerprint density at radius 3 is 1.66 bits per heavy atom. The molecule has 0 aromatic carbocycles. The second-order valence-corrected chi connectivity index (χ2v) is 24.9. The van der Waals surface area contributed by atoms with Crippen LogP contribution in [0.1, 0.15) is 134 Å². The predicted octanol–water partition coefficient (Wildman–Crippen LogP) is 7.29. The maximum absolute atomic E-state index is 12.8. The second kappa shape index (κ2) is 27.8. The number of rotatable bonds is 34. The Bertz CT molecular complexity index is 1490. The summed E-state index contributed by atoms with van der Waals surface area (Å²) in [5, 5.41) is 8.25. The van der Waals surface area contributed by atoms with E-state index in [1.165, 1.54) is 0 Å². The van der Waals surface area contributed by atoms with Crippen LogP contribution < -0.4 is 0 Å². The number of methoxy groups -OCH3 is 1. The fraction of sp³-hybridized carbons (Fsp3) is 0.867. The molecule has 0 amide bonds. The monoisotopic (exact) mass is 955 g/mol. The van der Waals surface area contributed by atoms with E-state index < -0.39 is 17.4 Å². The van der Waals surface area contributed by atoms with Crippen LogP contribution in [-0.4, -0.2) is 150 Å². The molecule has 1 aromatic heterocycles. The van der Waals surface area contributed by atoms with E-state index in [4.69, 9.17) is 44.1 Å². The lowest BCUT2D eigenvalue weighted by Crippen LogP contribution is -2.34. The van der Waals surface area contributed by atoms with Crippen molar-refractivity contribution >= 4 is 75.7 Å². The van der Waals surface area contributed by atoms with Crippen molar-refractivity contribution < 1.29 is 47.6 Å². The van der Waals surface area contributed by atoms with E-state index in [1.807, 2.05) is 53.4 Å². The third kappa shape index (κ3) is 29.7. The number of esters is 4. The SMILES string of the molecule is [B]C(C)(C)CC(C)(C)SCC(C)C(=O)OCCOC(=O)CCN(CCC(=O)OCCOC(=O)C(C)CSC(C)(C)CC(C)(C)S)Cc1cn(CCC([B])(C)OCCC(C)(C)OC)nn1. The molecule has 19 heteroatoms. The molecule has 4 radical (unpaired) electrons. The first-order valence-corrected chi connectivity index (χ1v) is 24.8. The van der Waals surface area contributed by atoms with Gasteiger partial charge in [-0.15, -0.1) is 5.10 Å². The van der Waals surface area contributed by atoms with Gasteiger partial charge in [0.05, 0.1) is 43.8 Å². The molecule has 0 saturated carbocycles. The van der Waals surface area contributed by atoms with Gasteiger partial charge in [-0.1, -0.05) is 79.8 Å². The quantitative estimate of drug-likeness (QED) is 0.0241. The van der Waals surface area contributed by atoms with Gasteiger partial charge in [-0.2, -0.15) is 36.2 Å². The van der Waals surface area contributed by atoms with Crippen LogP contribution in [-0.2, 0) is 60.7 Å². The summed E-state index contributed by atoms with van der Waals surface area (Å²) in [6.45, 7) is 27.4. The zero-order valence-corrected chi connectivity index (χ0v) is 44.1. The van der Waals surface area contributed by atoms with Crippen LogP contribution in [0.15, 0.2) is 6.20 Å². The van der Waals surface area contributed by atoms with Crippen LogP contribution in [0.2, 0.25) is 5.31 Å². The number of thioether (sulfide) groups is 2. The van der Waals surface area contributed by atoms with Crippen molar-refractivity contribution in [2.75, 3.05) is 64.7 Å². The number of ether oxygens (including phenoxy) is 6. The topological polar surface area (TPSA) is 158 Å². The summed E-state index contributed by atoms with van der Waals surface area (Å²) in [4.78, 5) is 52.7. The summed E-state index contributed by atoms with van der Waals surface area (Å²) in [6, 6.07) is 0. The Hall–Kier alpha value is -1.92. The summed E-state index contributed by atoms with van der Waals surface area (Å²) < 4.78 is 34.3. The highest BCUT2D eigenvalue weighted by atomic mass is 32.2. The van der Waals surface area contributed by atoms with E-state index in [2.05, 4.69) is 64.5 Å². The minimum atomic E-state index is -0.895. The lowest BCUT2D eigenvalue weighted by atomic mass is 9.67. The number of aryl methyl sites for hydroxylation is 1. The Morgan fingerprint density at radius 1 is 0.734 bits per heavy atom. The minimum Gasteiger partial charge on any atom is -0.462 e. The first kappa shape index (κ1) is 60.1. The van der Waals surface area contributed by atoms with E-state index in [1.54, 1.807) is 41.5 Å². The van der Waals surface area contributed by atoms with Crippen molar-refractivity contribution in [1.82, 2.24) is 19.9 Å². The van der Waals surface area contributed by atoms with Gasteiger partial charge in [0, 0.05) is 77.3 Å². The van der Waals surface area contributed by atoms with Crippen molar-refractivity contribution in [2.24, 2.45) is 11.8 Å². The molecule has 64 heavy (non-hydrogen) atoms. The lowest BCUT2D eigenvalue weighted by Gasteiger charge is -2.32. The van der Waals surface area contributed by atoms with Gasteiger partial charge in [-0.3, -0.25) is 28.8 Å². The maximum Gasteiger partial charge on any atom is 0.309 e. The molecule has 0 bridgehead atoms. The van der Waals surface area contributed by atoms with Crippen LogP contribution in [0.4, 0.5) is 0 Å². The number of hydrogen-bond donors (Lipinski definition) is 1. The summed E-state index contributed by atoms with van der Waals surface area (Å²) in [5.74, 6) is -1.16. The van der Waals surface area contributed by atoms with Gasteiger partial charge in [-0.05, 0) is 46.5 Å². The maximum atomic E-state index is 12.8. The molecular formula is C45H80B2N4O10S3. The Labute approximate surface area is 402 Å². The van der Waals surface area contributed by atoms with Crippen molar-refractivity contribution in [3.63, 3.8) is 0 Å². The molecule has 0 aliphatic heterocycles. The average molecular weight is 955 g/mol. The highest BCUT2D eigenvalue weighted by Crippen LogP contribution is 2.40. The Kier molecular flexibility index (Phi) is 26.1. The molecule has 0 aliphatic carbocycles. The number of thiol groups is 1. The molecule has 0 spiro atoms.